The molecule has 7 nitrogen and oxygen atoms in total. The summed E-state index contributed by atoms with van der Waals surface area (Å²) in [5.41, 5.74) is 3.69. The van der Waals surface area contributed by atoms with E-state index < -0.39 is 12.3 Å². The van der Waals surface area contributed by atoms with Gasteiger partial charge < -0.3 is 19.5 Å². The number of pyridine rings is 2. The number of hydrogen-bond donors (Lipinski definition) is 1. The maximum Gasteiger partial charge on any atom is 0.416 e. The van der Waals surface area contributed by atoms with Gasteiger partial charge in [-0.15, -0.1) is 0 Å². The average molecular weight is 544 g/mol. The van der Waals surface area contributed by atoms with Crippen molar-refractivity contribution in [3.8, 4) is 11.1 Å². The predicted molar refractivity (Wildman–Crippen MR) is 142 cm³/mol. The number of aromatic nitrogens is 3. The van der Waals surface area contributed by atoms with E-state index in [0.29, 0.717) is 39.5 Å². The Morgan fingerprint density at radius 1 is 1.24 bits per heavy atom. The topological polar surface area (TPSA) is 66.4 Å². The summed E-state index contributed by atoms with van der Waals surface area (Å²) in [6.45, 7) is -0.0209. The highest BCUT2D eigenvalue weighted by Gasteiger charge is 2.43. The van der Waals surface area contributed by atoms with E-state index in [0.717, 1.165) is 11.1 Å². The summed E-state index contributed by atoms with van der Waals surface area (Å²) in [7, 11) is 3.73. The van der Waals surface area contributed by atoms with Gasteiger partial charge in [-0.05, 0) is 29.8 Å². The molecule has 4 aromatic rings. The van der Waals surface area contributed by atoms with Crippen LogP contribution in [0.15, 0.2) is 72.0 Å². The zero-order valence-corrected chi connectivity index (χ0v) is 21.4. The zero-order chi connectivity index (χ0) is 27.0. The standard InChI is InChI=1S/C27H25ClF3N5O2/c1-34(2)15-23(18-4-3-5-19(28)10-18)36-7-6-17(11-25(36)37)22-14-33-26-21(22)12-20(13-32-26)35-8-9-38-24(16-35)27(29,30)31/h3-7,10-15,24H,8-9,16H2,1-2H3,(H,32,33)/b23-15-. The van der Waals surface area contributed by atoms with E-state index in [4.69, 9.17) is 16.3 Å². The number of alkyl halides is 3. The van der Waals surface area contributed by atoms with Gasteiger partial charge in [0.2, 0.25) is 0 Å². The third kappa shape index (κ3) is 5.27. The van der Waals surface area contributed by atoms with Crippen molar-refractivity contribution in [1.29, 1.82) is 0 Å². The molecule has 0 spiro atoms. The van der Waals surface area contributed by atoms with E-state index in [9.17, 15) is 18.0 Å². The number of anilines is 1. The summed E-state index contributed by atoms with van der Waals surface area (Å²) >= 11 is 6.20. The lowest BCUT2D eigenvalue weighted by atomic mass is 10.1. The molecule has 0 saturated carbocycles. The van der Waals surface area contributed by atoms with E-state index >= 15 is 0 Å². The van der Waals surface area contributed by atoms with Gasteiger partial charge in [0.1, 0.15) is 5.65 Å². The Kier molecular flexibility index (Phi) is 6.93. The van der Waals surface area contributed by atoms with Crippen molar-refractivity contribution in [1.82, 2.24) is 19.4 Å². The highest BCUT2D eigenvalue weighted by atomic mass is 35.5. The molecule has 0 bridgehead atoms. The van der Waals surface area contributed by atoms with E-state index in [1.54, 1.807) is 46.3 Å². The van der Waals surface area contributed by atoms with Crippen molar-refractivity contribution in [3.05, 3.63) is 88.2 Å². The van der Waals surface area contributed by atoms with Crippen molar-refractivity contribution in [2.24, 2.45) is 0 Å². The minimum atomic E-state index is -4.44. The van der Waals surface area contributed by atoms with Crippen molar-refractivity contribution < 1.29 is 17.9 Å². The normalized spacial score (nSPS) is 16.7. The molecular formula is C27H25ClF3N5O2. The van der Waals surface area contributed by atoms with Gasteiger partial charge >= 0.3 is 6.18 Å². The van der Waals surface area contributed by atoms with Crippen LogP contribution in [0.4, 0.5) is 18.9 Å². The van der Waals surface area contributed by atoms with Gasteiger partial charge in [-0.25, -0.2) is 4.98 Å². The summed E-state index contributed by atoms with van der Waals surface area (Å²) in [6, 6.07) is 12.4. The second-order valence-corrected chi connectivity index (χ2v) is 9.69. The molecular weight excluding hydrogens is 519 g/mol. The van der Waals surface area contributed by atoms with E-state index in [-0.39, 0.29) is 18.7 Å². The van der Waals surface area contributed by atoms with Crippen LogP contribution < -0.4 is 10.5 Å². The van der Waals surface area contributed by atoms with Crippen LogP contribution in [0.5, 0.6) is 0 Å². The van der Waals surface area contributed by atoms with Crippen LogP contribution in [0.1, 0.15) is 5.56 Å². The van der Waals surface area contributed by atoms with Gasteiger partial charge in [0.25, 0.3) is 5.56 Å². The third-order valence-corrected chi connectivity index (χ3v) is 6.54. The molecule has 1 N–H and O–H groups in total. The summed E-state index contributed by atoms with van der Waals surface area (Å²) in [4.78, 5) is 24.3. The number of nitrogens with zero attached hydrogens (tertiary/aromatic N) is 4. The number of hydrogen-bond acceptors (Lipinski definition) is 5. The fourth-order valence-electron chi connectivity index (χ4n) is 4.50. The van der Waals surface area contributed by atoms with Crippen LogP contribution in [-0.4, -0.2) is 65.5 Å². The van der Waals surface area contributed by atoms with Gasteiger partial charge in [-0.3, -0.25) is 9.36 Å². The number of H-pyrrole nitrogens is 1. The number of rotatable bonds is 5. The molecule has 38 heavy (non-hydrogen) atoms. The molecule has 5 rings (SSSR count). The van der Waals surface area contributed by atoms with Crippen molar-refractivity contribution in [2.75, 3.05) is 38.7 Å². The number of halogens is 4. The van der Waals surface area contributed by atoms with Gasteiger partial charge in [0.15, 0.2) is 6.10 Å². The maximum atomic E-state index is 13.3. The smallest absolute Gasteiger partial charge is 0.382 e. The summed E-state index contributed by atoms with van der Waals surface area (Å²) in [5, 5.41) is 1.26. The molecule has 0 aliphatic carbocycles. The molecule has 1 saturated heterocycles. The van der Waals surface area contributed by atoms with Crippen LogP contribution >= 0.6 is 11.6 Å². The molecule has 1 unspecified atom stereocenters. The number of benzene rings is 1. The molecule has 4 heterocycles. The molecule has 3 aromatic heterocycles. The molecule has 1 aliphatic rings. The molecule has 1 fully saturated rings. The van der Waals surface area contributed by atoms with Crippen LogP contribution in [0.2, 0.25) is 5.02 Å². The van der Waals surface area contributed by atoms with Gasteiger partial charge in [-0.1, -0.05) is 23.7 Å². The predicted octanol–water partition coefficient (Wildman–Crippen LogP) is 5.22. The second kappa shape index (κ2) is 10.2. The quantitative estimate of drug-likeness (QED) is 0.374. The Labute approximate surface area is 221 Å². The van der Waals surface area contributed by atoms with Crippen LogP contribution in [0.25, 0.3) is 27.9 Å². The van der Waals surface area contributed by atoms with E-state index in [2.05, 4.69) is 9.97 Å². The Hall–Kier alpha value is -3.76. The highest BCUT2D eigenvalue weighted by molar-refractivity contribution is 6.30. The minimum Gasteiger partial charge on any atom is -0.382 e. The molecule has 198 valence electrons. The van der Waals surface area contributed by atoms with Crippen molar-refractivity contribution >= 4 is 34.0 Å². The summed E-state index contributed by atoms with van der Waals surface area (Å²) in [6.07, 6.45) is 0.526. The SMILES string of the molecule is CN(C)/C=C(/c1cccc(Cl)c1)n1ccc(-c2c[nH]c3ncc(N4CCOC(C(F)(F)F)C4)cc23)cc1=O. The van der Waals surface area contributed by atoms with Crippen molar-refractivity contribution in [3.63, 3.8) is 0 Å². The van der Waals surface area contributed by atoms with Gasteiger partial charge in [-0.2, -0.15) is 13.2 Å². The Bertz CT molecular complexity index is 1560. The van der Waals surface area contributed by atoms with Crippen molar-refractivity contribution in [2.45, 2.75) is 12.3 Å². The zero-order valence-electron chi connectivity index (χ0n) is 20.7. The lowest BCUT2D eigenvalue weighted by Gasteiger charge is -2.35. The fraction of sp³-hybridized carbons (Fsp3) is 0.259. The molecule has 0 radical (unpaired) electrons. The Balaban J connectivity index is 1.51. The summed E-state index contributed by atoms with van der Waals surface area (Å²) < 4.78 is 46.1. The average Bonchev–Trinajstić information content (AvgIpc) is 3.30. The van der Waals surface area contributed by atoms with E-state index in [1.807, 2.05) is 43.4 Å². The van der Waals surface area contributed by atoms with Crippen LogP contribution in [0, 0.1) is 0 Å². The number of nitrogens with one attached hydrogen (secondary N) is 1. The minimum absolute atomic E-state index is 0.0319. The lowest BCUT2D eigenvalue weighted by molar-refractivity contribution is -0.221. The first-order chi connectivity index (χ1) is 18.1. The number of aromatic amines is 1. The van der Waals surface area contributed by atoms with E-state index in [1.165, 1.54) is 6.07 Å². The van der Waals surface area contributed by atoms with Crippen LogP contribution in [0.3, 0.4) is 0 Å². The largest absolute Gasteiger partial charge is 0.416 e. The molecule has 1 atom stereocenters. The highest BCUT2D eigenvalue weighted by Crippen LogP contribution is 2.32. The monoisotopic (exact) mass is 543 g/mol. The van der Waals surface area contributed by atoms with Crippen LogP contribution in [-0.2, 0) is 4.74 Å². The molecule has 1 aliphatic heterocycles. The number of morpholine rings is 1. The first kappa shape index (κ1) is 25.9. The van der Waals surface area contributed by atoms with Gasteiger partial charge in [0.05, 0.1) is 30.7 Å². The lowest BCUT2D eigenvalue weighted by Crippen LogP contribution is -2.49. The maximum absolute atomic E-state index is 13.3. The van der Waals surface area contributed by atoms with Gasteiger partial charge in [0, 0.05) is 66.8 Å². The Morgan fingerprint density at radius 3 is 2.76 bits per heavy atom. The fourth-order valence-corrected chi connectivity index (χ4v) is 4.69. The first-order valence-corrected chi connectivity index (χ1v) is 12.3. The molecule has 11 heteroatoms. The second-order valence-electron chi connectivity index (χ2n) is 9.25. The third-order valence-electron chi connectivity index (χ3n) is 6.30. The molecule has 1 aromatic carbocycles. The number of ether oxygens (including phenoxy) is 1. The Morgan fingerprint density at radius 2 is 2.05 bits per heavy atom. The first-order valence-electron chi connectivity index (χ1n) is 11.9. The molecule has 0 amide bonds. The summed E-state index contributed by atoms with van der Waals surface area (Å²) in [5.74, 6) is 0. The number of fused-ring (bicyclic) bond motifs is 1.